The van der Waals surface area contributed by atoms with E-state index in [0.29, 0.717) is 48.8 Å². The molecule has 11 nitrogen and oxygen atoms in total. The van der Waals surface area contributed by atoms with Crippen molar-refractivity contribution in [3.8, 4) is 5.88 Å². The Labute approximate surface area is 222 Å². The summed E-state index contributed by atoms with van der Waals surface area (Å²) >= 11 is 0. The lowest BCUT2D eigenvalue weighted by Crippen LogP contribution is -2.42. The van der Waals surface area contributed by atoms with Gasteiger partial charge in [-0.2, -0.15) is 0 Å². The first-order valence-electron chi connectivity index (χ1n) is 12.5. The van der Waals surface area contributed by atoms with Crippen LogP contribution in [0, 0.1) is 12.7 Å². The topological polar surface area (TPSA) is 140 Å². The third-order valence-corrected chi connectivity index (χ3v) is 7.17. The number of hydrogen-bond donors (Lipinski definition) is 2. The number of aromatic nitrogens is 2. The third-order valence-electron chi connectivity index (χ3n) is 5.89. The Bertz CT molecular complexity index is 1250. The van der Waals surface area contributed by atoms with Crippen LogP contribution in [0.5, 0.6) is 5.88 Å². The van der Waals surface area contributed by atoms with E-state index in [-0.39, 0.29) is 42.6 Å². The summed E-state index contributed by atoms with van der Waals surface area (Å²) in [6, 6.07) is 4.34. The first-order valence-corrected chi connectivity index (χ1v) is 14.1. The van der Waals surface area contributed by atoms with E-state index in [4.69, 9.17) is 9.47 Å². The highest BCUT2D eigenvalue weighted by Gasteiger charge is 2.26. The number of anilines is 2. The quantitative estimate of drug-likeness (QED) is 0.454. The number of halogens is 1. The summed E-state index contributed by atoms with van der Waals surface area (Å²) in [5.74, 6) is -0.782. The third kappa shape index (κ3) is 8.27. The van der Waals surface area contributed by atoms with E-state index in [2.05, 4.69) is 15.3 Å². The van der Waals surface area contributed by atoms with Crippen LogP contribution in [-0.4, -0.2) is 66.3 Å². The van der Waals surface area contributed by atoms with Gasteiger partial charge in [-0.1, -0.05) is 13.0 Å². The van der Waals surface area contributed by atoms with Crippen LogP contribution in [0.2, 0.25) is 0 Å². The largest absolute Gasteiger partial charge is 0.474 e. The van der Waals surface area contributed by atoms with E-state index in [1.54, 1.807) is 24.8 Å². The Morgan fingerprint density at radius 1 is 1.21 bits per heavy atom. The SMILES string of the molecule is CCC(=O)NS(=O)(=O)CCc1ccc(Nc2ncnc(OC3CCN(C(=O)OC(C)C)CC3)c2C)c(F)c1. The molecule has 1 fully saturated rings. The predicted molar refractivity (Wildman–Crippen MR) is 139 cm³/mol. The van der Waals surface area contributed by atoms with E-state index in [1.807, 2.05) is 18.6 Å². The molecule has 1 aliphatic rings. The number of carbonyl (C=O) groups is 2. The smallest absolute Gasteiger partial charge is 0.410 e. The molecule has 0 atom stereocenters. The molecule has 38 heavy (non-hydrogen) atoms. The zero-order valence-electron chi connectivity index (χ0n) is 22.0. The molecule has 0 bridgehead atoms. The summed E-state index contributed by atoms with van der Waals surface area (Å²) < 4.78 is 52.0. The minimum absolute atomic E-state index is 0.0437. The van der Waals surface area contributed by atoms with Gasteiger partial charge in [-0.25, -0.2) is 27.6 Å². The number of benzene rings is 1. The molecule has 2 aromatic rings. The molecule has 2 N–H and O–H groups in total. The van der Waals surface area contributed by atoms with Gasteiger partial charge in [0.05, 0.1) is 23.1 Å². The average Bonchev–Trinajstić information content (AvgIpc) is 2.86. The summed E-state index contributed by atoms with van der Waals surface area (Å²) in [5.41, 5.74) is 1.21. The molecule has 13 heteroatoms. The van der Waals surface area contributed by atoms with Crippen molar-refractivity contribution >= 4 is 33.5 Å². The lowest BCUT2D eigenvalue weighted by Gasteiger charge is -2.32. The van der Waals surface area contributed by atoms with E-state index >= 15 is 0 Å². The highest BCUT2D eigenvalue weighted by Crippen LogP contribution is 2.28. The lowest BCUT2D eigenvalue weighted by atomic mass is 10.1. The number of rotatable bonds is 10. The van der Waals surface area contributed by atoms with Gasteiger partial charge in [-0.05, 0) is 44.9 Å². The summed E-state index contributed by atoms with van der Waals surface area (Å²) in [7, 11) is -3.79. The van der Waals surface area contributed by atoms with Crippen LogP contribution < -0.4 is 14.8 Å². The molecule has 0 aliphatic carbocycles. The van der Waals surface area contributed by atoms with Crippen LogP contribution in [-0.2, 0) is 26.0 Å². The summed E-state index contributed by atoms with van der Waals surface area (Å²) in [5, 5.41) is 2.94. The van der Waals surface area contributed by atoms with E-state index in [9.17, 15) is 22.4 Å². The first kappa shape index (κ1) is 29.1. The van der Waals surface area contributed by atoms with Gasteiger partial charge in [-0.3, -0.25) is 9.52 Å². The van der Waals surface area contributed by atoms with Gasteiger partial charge >= 0.3 is 6.09 Å². The molecule has 0 spiro atoms. The van der Waals surface area contributed by atoms with Crippen LogP contribution in [0.25, 0.3) is 0 Å². The molecule has 0 saturated carbocycles. The Kier molecular flexibility index (Phi) is 9.84. The molecule has 208 valence electrons. The van der Waals surface area contributed by atoms with Crippen molar-refractivity contribution in [2.75, 3.05) is 24.2 Å². The molecular weight excluding hydrogens is 517 g/mol. The number of nitrogens with one attached hydrogen (secondary N) is 2. The maximum Gasteiger partial charge on any atom is 0.410 e. The highest BCUT2D eigenvalue weighted by molar-refractivity contribution is 7.90. The molecule has 3 rings (SSSR count). The molecule has 1 aromatic carbocycles. The number of sulfonamides is 1. The Hall–Kier alpha value is -3.48. The lowest BCUT2D eigenvalue weighted by molar-refractivity contribution is -0.119. The standard InChI is InChI=1S/C25H34FN5O6S/c1-5-22(32)30-38(34,35)13-10-18-6-7-21(20(26)14-18)29-23-17(4)24(28-15-27-23)37-19-8-11-31(12-9-19)25(33)36-16(2)3/h6-7,14-16,19H,5,8-13H2,1-4H3,(H,30,32)(H,27,28,29). The summed E-state index contributed by atoms with van der Waals surface area (Å²) in [6.07, 6.45) is 2.00. The number of aryl methyl sites for hydroxylation is 1. The Morgan fingerprint density at radius 3 is 2.55 bits per heavy atom. The molecule has 0 unspecified atom stereocenters. The fourth-order valence-electron chi connectivity index (χ4n) is 3.76. The van der Waals surface area contributed by atoms with Gasteiger partial charge in [0.2, 0.25) is 21.8 Å². The number of carbonyl (C=O) groups excluding carboxylic acids is 2. The van der Waals surface area contributed by atoms with Crippen LogP contribution >= 0.6 is 0 Å². The predicted octanol–water partition coefficient (Wildman–Crippen LogP) is 3.45. The van der Waals surface area contributed by atoms with Gasteiger partial charge < -0.3 is 19.7 Å². The highest BCUT2D eigenvalue weighted by atomic mass is 32.2. The maximum atomic E-state index is 14.8. The molecule has 1 aromatic heterocycles. The second-order valence-corrected chi connectivity index (χ2v) is 11.1. The van der Waals surface area contributed by atoms with Crippen molar-refractivity contribution in [3.63, 3.8) is 0 Å². The molecular formula is C25H34FN5O6S. The van der Waals surface area contributed by atoms with Crippen LogP contribution in [0.4, 0.5) is 20.7 Å². The second-order valence-electron chi connectivity index (χ2n) is 9.28. The first-order chi connectivity index (χ1) is 18.0. The molecule has 2 amide bonds. The van der Waals surface area contributed by atoms with Crippen LogP contribution in [0.3, 0.4) is 0 Å². The molecule has 1 saturated heterocycles. The van der Waals surface area contributed by atoms with Gasteiger partial charge in [0, 0.05) is 32.4 Å². The monoisotopic (exact) mass is 551 g/mol. The zero-order chi connectivity index (χ0) is 27.9. The normalized spacial score (nSPS) is 14.3. The van der Waals surface area contributed by atoms with Crippen molar-refractivity contribution in [1.29, 1.82) is 0 Å². The average molecular weight is 552 g/mol. The molecule has 2 heterocycles. The van der Waals surface area contributed by atoms with Crippen molar-refractivity contribution in [2.45, 2.75) is 65.6 Å². The maximum absolute atomic E-state index is 14.8. The number of piperidine rings is 1. The number of amides is 2. The fourth-order valence-corrected chi connectivity index (χ4v) is 4.86. The Morgan fingerprint density at radius 2 is 1.92 bits per heavy atom. The van der Waals surface area contributed by atoms with Crippen molar-refractivity contribution in [2.24, 2.45) is 0 Å². The van der Waals surface area contributed by atoms with E-state index < -0.39 is 21.7 Å². The van der Waals surface area contributed by atoms with Crippen molar-refractivity contribution in [3.05, 3.63) is 41.5 Å². The Balaban J connectivity index is 1.59. The van der Waals surface area contributed by atoms with Gasteiger partial charge in [0.25, 0.3) is 0 Å². The number of likely N-dealkylation sites (tertiary alicyclic amines) is 1. The van der Waals surface area contributed by atoms with Crippen LogP contribution in [0.15, 0.2) is 24.5 Å². The van der Waals surface area contributed by atoms with Gasteiger partial charge in [-0.15, -0.1) is 0 Å². The molecule has 1 aliphatic heterocycles. The minimum atomic E-state index is -3.79. The van der Waals surface area contributed by atoms with Crippen molar-refractivity contribution in [1.82, 2.24) is 19.6 Å². The van der Waals surface area contributed by atoms with E-state index in [1.165, 1.54) is 18.5 Å². The summed E-state index contributed by atoms with van der Waals surface area (Å²) in [6.45, 7) is 7.94. The fraction of sp³-hybridized carbons (Fsp3) is 0.520. The van der Waals surface area contributed by atoms with Gasteiger partial charge in [0.15, 0.2) is 0 Å². The van der Waals surface area contributed by atoms with Crippen LogP contribution in [0.1, 0.15) is 51.2 Å². The van der Waals surface area contributed by atoms with Gasteiger partial charge in [0.1, 0.15) is 24.1 Å². The van der Waals surface area contributed by atoms with E-state index in [0.717, 1.165) is 0 Å². The zero-order valence-corrected chi connectivity index (χ0v) is 22.8. The molecule has 0 radical (unpaired) electrons. The number of hydrogen-bond acceptors (Lipinski definition) is 9. The minimum Gasteiger partial charge on any atom is -0.474 e. The summed E-state index contributed by atoms with van der Waals surface area (Å²) in [4.78, 5) is 33.5. The number of nitrogens with zero attached hydrogens (tertiary/aromatic N) is 3. The number of ether oxygens (including phenoxy) is 2. The van der Waals surface area contributed by atoms with Crippen molar-refractivity contribution < 1.29 is 31.9 Å². The second kappa shape index (κ2) is 12.9.